The first-order chi connectivity index (χ1) is 10.9. The van der Waals surface area contributed by atoms with E-state index in [0.717, 1.165) is 5.92 Å². The van der Waals surface area contributed by atoms with Gasteiger partial charge in [-0.25, -0.2) is 0 Å². The maximum atomic E-state index is 4.39. The average Bonchev–Trinajstić information content (AvgIpc) is 2.64. The van der Waals surface area contributed by atoms with Gasteiger partial charge in [0.15, 0.2) is 0 Å². The molecular weight excluding hydrogens is 266 g/mol. The Morgan fingerprint density at radius 3 is 1.95 bits per heavy atom. The fraction of sp³-hybridized carbons (Fsp3) is 0.571. The molecule has 22 heavy (non-hydrogen) atoms. The molecule has 1 aromatic carbocycles. The number of nitrogens with zero attached hydrogens (tertiary/aromatic N) is 1. The Morgan fingerprint density at radius 1 is 0.682 bits per heavy atom. The number of rotatable bonds is 1. The molecule has 0 unspecified atom stereocenters. The van der Waals surface area contributed by atoms with Gasteiger partial charge >= 0.3 is 0 Å². The van der Waals surface area contributed by atoms with E-state index in [4.69, 9.17) is 0 Å². The van der Waals surface area contributed by atoms with Crippen LogP contribution >= 0.6 is 0 Å². The maximum Gasteiger partial charge on any atom is 0.0346 e. The molecule has 0 amide bonds. The zero-order chi connectivity index (χ0) is 15.0. The fourth-order valence-corrected chi connectivity index (χ4v) is 3.94. The Labute approximate surface area is 135 Å². The summed E-state index contributed by atoms with van der Waals surface area (Å²) in [7, 11) is 0. The van der Waals surface area contributed by atoms with Gasteiger partial charge in [0.1, 0.15) is 0 Å². The second-order valence-corrected chi connectivity index (χ2v) is 6.91. The van der Waals surface area contributed by atoms with Crippen molar-refractivity contribution in [2.24, 2.45) is 0 Å². The summed E-state index contributed by atoms with van der Waals surface area (Å²) in [5, 5.41) is 2.69. The van der Waals surface area contributed by atoms with Gasteiger partial charge in [0.25, 0.3) is 0 Å². The summed E-state index contributed by atoms with van der Waals surface area (Å²) in [4.78, 5) is 4.39. The third-order valence-electron chi connectivity index (χ3n) is 5.24. The zero-order valence-electron chi connectivity index (χ0n) is 13.8. The Hall–Kier alpha value is -1.37. The predicted octanol–water partition coefficient (Wildman–Crippen LogP) is 6.62. The lowest BCUT2D eigenvalue weighted by molar-refractivity contribution is 0.445. The van der Waals surface area contributed by atoms with Crippen LogP contribution in [0.5, 0.6) is 0 Å². The van der Waals surface area contributed by atoms with Gasteiger partial charge in [-0.1, -0.05) is 82.1 Å². The molecule has 2 fully saturated rings. The molecule has 2 aliphatic carbocycles. The van der Waals surface area contributed by atoms with Crippen LogP contribution in [0.25, 0.3) is 10.8 Å². The second kappa shape index (κ2) is 8.31. The minimum atomic E-state index is 0.743. The van der Waals surface area contributed by atoms with Gasteiger partial charge < -0.3 is 0 Å². The highest BCUT2D eigenvalue weighted by atomic mass is 14.6. The minimum absolute atomic E-state index is 0.743. The van der Waals surface area contributed by atoms with Crippen molar-refractivity contribution in [2.45, 2.75) is 76.5 Å². The van der Waals surface area contributed by atoms with Crippen LogP contribution in [0.15, 0.2) is 36.7 Å². The van der Waals surface area contributed by atoms with Crippen molar-refractivity contribution in [3.8, 4) is 0 Å². The van der Waals surface area contributed by atoms with Gasteiger partial charge in [-0.3, -0.25) is 4.98 Å². The summed E-state index contributed by atoms with van der Waals surface area (Å²) in [5.74, 6) is 0.743. The van der Waals surface area contributed by atoms with Crippen molar-refractivity contribution in [1.29, 1.82) is 0 Å². The topological polar surface area (TPSA) is 12.9 Å². The van der Waals surface area contributed by atoms with E-state index in [1.807, 2.05) is 6.20 Å². The molecule has 118 valence electrons. The van der Waals surface area contributed by atoms with E-state index in [1.54, 1.807) is 0 Å². The van der Waals surface area contributed by atoms with Crippen LogP contribution in [0, 0.1) is 0 Å². The highest BCUT2D eigenvalue weighted by Crippen LogP contribution is 2.35. The number of benzene rings is 1. The Morgan fingerprint density at radius 2 is 1.27 bits per heavy atom. The lowest BCUT2D eigenvalue weighted by Gasteiger charge is -2.22. The lowest BCUT2D eigenvalue weighted by Crippen LogP contribution is -2.05. The molecule has 0 radical (unpaired) electrons. The van der Waals surface area contributed by atoms with Crippen molar-refractivity contribution in [2.75, 3.05) is 0 Å². The van der Waals surface area contributed by atoms with E-state index >= 15 is 0 Å². The fourth-order valence-electron chi connectivity index (χ4n) is 3.94. The summed E-state index contributed by atoms with van der Waals surface area (Å²) in [6.45, 7) is 0. The minimum Gasteiger partial charge on any atom is -0.264 e. The predicted molar refractivity (Wildman–Crippen MR) is 95.3 cm³/mol. The second-order valence-electron chi connectivity index (χ2n) is 6.91. The van der Waals surface area contributed by atoms with Crippen molar-refractivity contribution in [3.63, 3.8) is 0 Å². The Balaban J connectivity index is 0.000000202. The van der Waals surface area contributed by atoms with Gasteiger partial charge in [0, 0.05) is 17.8 Å². The molecule has 0 atom stereocenters. The molecule has 0 aliphatic heterocycles. The zero-order valence-corrected chi connectivity index (χ0v) is 13.8. The van der Waals surface area contributed by atoms with Crippen LogP contribution < -0.4 is 0 Å². The van der Waals surface area contributed by atoms with E-state index < -0.39 is 0 Å². The van der Waals surface area contributed by atoms with Gasteiger partial charge in [0.2, 0.25) is 0 Å². The van der Waals surface area contributed by atoms with Crippen molar-refractivity contribution in [1.82, 2.24) is 4.98 Å². The highest BCUT2D eigenvalue weighted by Gasteiger charge is 2.17. The van der Waals surface area contributed by atoms with E-state index in [0.29, 0.717) is 0 Å². The van der Waals surface area contributed by atoms with Gasteiger partial charge in [-0.15, -0.1) is 0 Å². The molecule has 0 N–H and O–H groups in total. The van der Waals surface area contributed by atoms with Crippen LogP contribution in [0.1, 0.15) is 82.1 Å². The van der Waals surface area contributed by atoms with Crippen molar-refractivity contribution < 1.29 is 0 Å². The summed E-state index contributed by atoms with van der Waals surface area (Å²) in [5.41, 5.74) is 1.47. The molecule has 1 aromatic heterocycles. The lowest BCUT2D eigenvalue weighted by atomic mass is 9.83. The molecule has 0 saturated heterocycles. The summed E-state index contributed by atoms with van der Waals surface area (Å²) in [6, 6.07) is 8.62. The number of hydrogen-bond donors (Lipinski definition) is 0. The molecule has 1 nitrogen and oxygen atoms in total. The van der Waals surface area contributed by atoms with Crippen LogP contribution in [0.2, 0.25) is 0 Å². The smallest absolute Gasteiger partial charge is 0.0346 e. The first-order valence-corrected chi connectivity index (χ1v) is 9.28. The summed E-state index contributed by atoms with van der Waals surface area (Å²) >= 11 is 0. The molecule has 2 aliphatic rings. The third-order valence-corrected chi connectivity index (χ3v) is 5.24. The monoisotopic (exact) mass is 295 g/mol. The van der Waals surface area contributed by atoms with E-state index in [-0.39, 0.29) is 0 Å². The van der Waals surface area contributed by atoms with Gasteiger partial charge in [0.05, 0.1) is 0 Å². The third kappa shape index (κ3) is 4.09. The largest absolute Gasteiger partial charge is 0.264 e. The SMILES string of the molecule is C1CCCCC1.c1ccc2c(C3CCCCC3)cncc2c1. The van der Waals surface area contributed by atoms with E-state index in [9.17, 15) is 0 Å². The van der Waals surface area contributed by atoms with E-state index in [2.05, 4.69) is 35.4 Å². The normalized spacial score (nSPS) is 19.5. The standard InChI is InChI=1S/C15H17N.C6H12/c1-2-6-12(7-3-1)15-11-16-10-13-8-4-5-9-14(13)15;1-2-4-6-5-3-1/h4-5,8-12H,1-3,6-7H2;1-6H2. The number of hydrogen-bond acceptors (Lipinski definition) is 1. The number of pyridine rings is 1. The van der Waals surface area contributed by atoms with Crippen LogP contribution in [-0.2, 0) is 0 Å². The molecule has 1 heterocycles. The number of aromatic nitrogens is 1. The maximum absolute atomic E-state index is 4.39. The molecule has 1 heteroatoms. The van der Waals surface area contributed by atoms with Gasteiger partial charge in [-0.05, 0) is 29.7 Å². The summed E-state index contributed by atoms with van der Waals surface area (Å²) < 4.78 is 0. The van der Waals surface area contributed by atoms with Crippen LogP contribution in [0.4, 0.5) is 0 Å². The van der Waals surface area contributed by atoms with Crippen LogP contribution in [-0.4, -0.2) is 4.98 Å². The number of fused-ring (bicyclic) bond motifs is 1. The Kier molecular flexibility index (Phi) is 5.86. The Bertz CT molecular complexity index is 548. The molecular formula is C21H29N. The van der Waals surface area contributed by atoms with Crippen molar-refractivity contribution in [3.05, 3.63) is 42.2 Å². The van der Waals surface area contributed by atoms with Crippen LogP contribution in [0.3, 0.4) is 0 Å². The first kappa shape index (κ1) is 15.5. The van der Waals surface area contributed by atoms with Crippen molar-refractivity contribution >= 4 is 10.8 Å². The summed E-state index contributed by atoms with van der Waals surface area (Å²) in [6.07, 6.45) is 19.9. The average molecular weight is 295 g/mol. The molecule has 4 rings (SSSR count). The quantitative estimate of drug-likeness (QED) is 0.576. The molecule has 0 bridgehead atoms. The molecule has 0 spiro atoms. The van der Waals surface area contributed by atoms with Gasteiger partial charge in [-0.2, -0.15) is 0 Å². The first-order valence-electron chi connectivity index (χ1n) is 9.28. The highest BCUT2D eigenvalue weighted by molar-refractivity contribution is 5.85. The molecule has 2 aromatic rings. The van der Waals surface area contributed by atoms with E-state index in [1.165, 1.54) is 87.0 Å². The molecule has 2 saturated carbocycles.